The second-order valence-corrected chi connectivity index (χ2v) is 8.45. The molecule has 0 bridgehead atoms. The number of aromatic nitrogens is 4. The maximum absolute atomic E-state index is 13.2. The minimum Gasteiger partial charge on any atom is -0.495 e. The minimum atomic E-state index is -4.19. The van der Waals surface area contributed by atoms with E-state index in [1.54, 1.807) is 12.1 Å². The van der Waals surface area contributed by atoms with Crippen LogP contribution in [0.2, 0.25) is 0 Å². The van der Waals surface area contributed by atoms with Crippen LogP contribution < -0.4 is 18.9 Å². The van der Waals surface area contributed by atoms with Crippen molar-refractivity contribution in [3.05, 3.63) is 47.9 Å². The monoisotopic (exact) mass is 459 g/mol. The lowest BCUT2D eigenvalue weighted by Crippen LogP contribution is -2.15. The third-order valence-corrected chi connectivity index (χ3v) is 6.21. The lowest BCUT2D eigenvalue weighted by molar-refractivity contribution is 0.355. The average molecular weight is 459 g/mol. The topological polar surface area (TPSA) is 131 Å². The molecule has 0 fully saturated rings. The third-order valence-electron chi connectivity index (χ3n) is 4.85. The van der Waals surface area contributed by atoms with E-state index in [0.29, 0.717) is 18.8 Å². The molecule has 0 saturated carbocycles. The number of hydrogen-bond donors (Lipinski definition) is 1. The van der Waals surface area contributed by atoms with E-state index in [1.807, 2.05) is 0 Å². The quantitative estimate of drug-likeness (QED) is 0.442. The van der Waals surface area contributed by atoms with Crippen molar-refractivity contribution in [2.24, 2.45) is 0 Å². The van der Waals surface area contributed by atoms with Gasteiger partial charge in [-0.15, -0.1) is 0 Å². The molecule has 0 saturated heterocycles. The summed E-state index contributed by atoms with van der Waals surface area (Å²) in [6.45, 7) is -1.67. The number of fused-ring (bicyclic) bond motifs is 2. The highest BCUT2D eigenvalue weighted by Crippen LogP contribution is 2.37. The first-order valence-corrected chi connectivity index (χ1v) is 10.9. The fourth-order valence-electron chi connectivity index (χ4n) is 3.39. The van der Waals surface area contributed by atoms with E-state index >= 15 is 0 Å². The van der Waals surface area contributed by atoms with E-state index in [0.717, 1.165) is 10.2 Å². The zero-order chi connectivity index (χ0) is 24.1. The van der Waals surface area contributed by atoms with E-state index in [9.17, 15) is 8.42 Å². The van der Waals surface area contributed by atoms with Crippen molar-refractivity contribution < 1.29 is 29.9 Å². The average Bonchev–Trinajstić information content (AvgIpc) is 3.58. The number of anilines is 1. The maximum atomic E-state index is 13.2. The largest absolute Gasteiger partial charge is 0.495 e. The zero-order valence-electron chi connectivity index (χ0n) is 19.0. The first-order valence-electron chi connectivity index (χ1n) is 10.5. The number of nitrogens with zero attached hydrogens (tertiary/aromatic N) is 4. The van der Waals surface area contributed by atoms with Gasteiger partial charge in [-0.1, -0.05) is 5.16 Å². The Hall–Kier alpha value is -3.80. The van der Waals surface area contributed by atoms with Crippen LogP contribution in [0, 0.1) is 0 Å². The summed E-state index contributed by atoms with van der Waals surface area (Å²) >= 11 is 0. The Balaban J connectivity index is 1.57. The standard InChI is InChI=1S/C20H19N5O6S/c1-28-15-8-12-4-7-30-14(12)10-17(15)32(26,27)24-19-18-16(31-23-19)9-13(22-20(18)29-2)11-25-6-3-5-21-25/h3,5-6,8-10H,4,7,11H2,1-2H3,(H,23,24)/i11D2. The van der Waals surface area contributed by atoms with Crippen LogP contribution in [0.25, 0.3) is 11.0 Å². The van der Waals surface area contributed by atoms with E-state index < -0.39 is 16.5 Å². The van der Waals surface area contributed by atoms with Gasteiger partial charge in [-0.3, -0.25) is 9.40 Å². The molecule has 4 aromatic rings. The Morgan fingerprint density at radius 1 is 1.28 bits per heavy atom. The molecule has 0 atom stereocenters. The summed E-state index contributed by atoms with van der Waals surface area (Å²) < 4.78 is 68.2. The van der Waals surface area contributed by atoms with Crippen LogP contribution in [-0.2, 0) is 22.9 Å². The number of hydrogen-bond acceptors (Lipinski definition) is 9. The van der Waals surface area contributed by atoms with Gasteiger partial charge >= 0.3 is 0 Å². The molecule has 1 aliphatic rings. The van der Waals surface area contributed by atoms with Gasteiger partial charge in [0.2, 0.25) is 5.88 Å². The predicted octanol–water partition coefficient (Wildman–Crippen LogP) is 2.22. The molecule has 11 nitrogen and oxygen atoms in total. The molecule has 1 N–H and O–H groups in total. The summed E-state index contributed by atoms with van der Waals surface area (Å²) in [6, 6.07) is 5.92. The molecule has 0 radical (unpaired) electrons. The van der Waals surface area contributed by atoms with Gasteiger partial charge in [0, 0.05) is 36.5 Å². The summed E-state index contributed by atoms with van der Waals surface area (Å²) in [4.78, 5) is 4.09. The molecule has 0 unspecified atom stereocenters. The van der Waals surface area contributed by atoms with Crippen LogP contribution in [-0.4, -0.2) is 49.2 Å². The number of pyridine rings is 1. The van der Waals surface area contributed by atoms with Crippen molar-refractivity contribution in [3.8, 4) is 17.4 Å². The molecule has 12 heteroatoms. The summed E-state index contributed by atoms with van der Waals surface area (Å²) in [5.74, 6) is 0.376. The molecular formula is C20H19N5O6S. The molecule has 1 aromatic carbocycles. The van der Waals surface area contributed by atoms with Gasteiger partial charge in [-0.05, 0) is 12.1 Å². The van der Waals surface area contributed by atoms with Gasteiger partial charge in [0.1, 0.15) is 21.8 Å². The van der Waals surface area contributed by atoms with Crippen molar-refractivity contribution in [1.29, 1.82) is 0 Å². The first-order chi connectivity index (χ1) is 16.2. The summed E-state index contributed by atoms with van der Waals surface area (Å²) in [5, 5.41) is 7.88. The number of sulfonamides is 1. The van der Waals surface area contributed by atoms with Gasteiger partial charge in [-0.2, -0.15) is 5.10 Å². The van der Waals surface area contributed by atoms with Crippen molar-refractivity contribution in [3.63, 3.8) is 0 Å². The lowest BCUT2D eigenvalue weighted by atomic mass is 10.1. The third kappa shape index (κ3) is 3.47. The van der Waals surface area contributed by atoms with Crippen LogP contribution in [0.3, 0.4) is 0 Å². The number of methoxy groups -OCH3 is 2. The Morgan fingerprint density at radius 2 is 2.16 bits per heavy atom. The van der Waals surface area contributed by atoms with Crippen molar-refractivity contribution >= 4 is 26.8 Å². The van der Waals surface area contributed by atoms with Crippen LogP contribution in [0.5, 0.6) is 17.4 Å². The second kappa shape index (κ2) is 7.71. The van der Waals surface area contributed by atoms with E-state index in [1.165, 1.54) is 38.7 Å². The van der Waals surface area contributed by atoms with Crippen LogP contribution in [0.4, 0.5) is 5.82 Å². The summed E-state index contributed by atoms with van der Waals surface area (Å²) in [7, 11) is -1.49. The van der Waals surface area contributed by atoms with E-state index in [2.05, 4.69) is 20.0 Å². The van der Waals surface area contributed by atoms with Crippen LogP contribution in [0.1, 0.15) is 14.0 Å². The van der Waals surface area contributed by atoms with Crippen LogP contribution >= 0.6 is 0 Å². The fourth-order valence-corrected chi connectivity index (χ4v) is 4.57. The molecule has 166 valence electrons. The van der Waals surface area contributed by atoms with Gasteiger partial charge in [0.15, 0.2) is 11.4 Å². The predicted molar refractivity (Wildman–Crippen MR) is 113 cm³/mol. The van der Waals surface area contributed by atoms with Crippen molar-refractivity contribution in [2.45, 2.75) is 17.8 Å². The molecule has 32 heavy (non-hydrogen) atoms. The molecule has 0 amide bonds. The van der Waals surface area contributed by atoms with Crippen molar-refractivity contribution in [2.75, 3.05) is 25.5 Å². The van der Waals surface area contributed by atoms with Gasteiger partial charge in [-0.25, -0.2) is 13.4 Å². The van der Waals surface area contributed by atoms with Gasteiger partial charge in [0.05, 0.1) is 35.8 Å². The first kappa shape index (κ1) is 17.8. The molecule has 5 rings (SSSR count). The molecule has 4 heterocycles. The molecule has 1 aliphatic heterocycles. The Labute approximate surface area is 185 Å². The Kier molecular flexibility index (Phi) is 4.30. The summed E-state index contributed by atoms with van der Waals surface area (Å²) in [5.41, 5.74) is 0.857. The Morgan fingerprint density at radius 3 is 2.91 bits per heavy atom. The lowest BCUT2D eigenvalue weighted by Gasteiger charge is -2.12. The normalized spacial score (nSPS) is 14.4. The smallest absolute Gasteiger partial charge is 0.266 e. The van der Waals surface area contributed by atoms with Gasteiger partial charge < -0.3 is 18.7 Å². The molecular weight excluding hydrogens is 438 g/mol. The summed E-state index contributed by atoms with van der Waals surface area (Å²) in [6.07, 6.45) is 3.55. The number of benzene rings is 1. The maximum Gasteiger partial charge on any atom is 0.266 e. The SMILES string of the molecule is [2H]C([2H])(c1cc2onc(NS(=O)(=O)c3cc4c(cc3OC)CCO4)c2c(OC)n1)n1cccn1. The van der Waals surface area contributed by atoms with Crippen molar-refractivity contribution in [1.82, 2.24) is 19.9 Å². The highest BCUT2D eigenvalue weighted by Gasteiger charge is 2.28. The fraction of sp³-hybridized carbons (Fsp3) is 0.250. The van der Waals surface area contributed by atoms with Crippen LogP contribution in [0.15, 0.2) is 46.1 Å². The number of ether oxygens (including phenoxy) is 3. The molecule has 0 spiro atoms. The van der Waals surface area contributed by atoms with E-state index in [-0.39, 0.29) is 39.0 Å². The highest BCUT2D eigenvalue weighted by atomic mass is 32.2. The number of rotatable bonds is 7. The second-order valence-electron chi connectivity index (χ2n) is 6.80. The molecule has 3 aromatic heterocycles. The minimum absolute atomic E-state index is 0.0662. The van der Waals surface area contributed by atoms with E-state index in [4.69, 9.17) is 21.5 Å². The van der Waals surface area contributed by atoms with Gasteiger partial charge in [0.25, 0.3) is 10.0 Å². The number of nitrogens with one attached hydrogen (secondary N) is 1. The highest BCUT2D eigenvalue weighted by molar-refractivity contribution is 7.92. The zero-order valence-corrected chi connectivity index (χ0v) is 17.8. The Bertz CT molecular complexity index is 1490. The molecule has 0 aliphatic carbocycles.